The first kappa shape index (κ1) is 10.9. The molecule has 0 radical (unpaired) electrons. The van der Waals surface area contributed by atoms with Gasteiger partial charge in [0.15, 0.2) is 0 Å². The van der Waals surface area contributed by atoms with Crippen molar-refractivity contribution in [3.05, 3.63) is 52.2 Å². The number of nitrogens with zero attached hydrogens (tertiary/aromatic N) is 3. The zero-order valence-corrected chi connectivity index (χ0v) is 9.85. The maximum Gasteiger partial charge on any atom is 0.346 e. The van der Waals surface area contributed by atoms with Gasteiger partial charge in [0, 0.05) is 16.0 Å². The Morgan fingerprint density at radius 1 is 1.06 bits per heavy atom. The van der Waals surface area contributed by atoms with Crippen LogP contribution in [0.1, 0.15) is 0 Å². The largest absolute Gasteiger partial charge is 0.346 e. The van der Waals surface area contributed by atoms with E-state index in [1.165, 1.54) is 6.20 Å². The number of rotatable bonds is 1. The smallest absolute Gasteiger partial charge is 0.304 e. The van der Waals surface area contributed by atoms with E-state index in [4.69, 9.17) is 11.6 Å². The van der Waals surface area contributed by atoms with Gasteiger partial charge in [0.1, 0.15) is 0 Å². The summed E-state index contributed by atoms with van der Waals surface area (Å²) in [5.41, 5.74) is 1.57. The van der Waals surface area contributed by atoms with Gasteiger partial charge in [-0.15, -0.1) is 0 Å². The summed E-state index contributed by atoms with van der Waals surface area (Å²) in [6, 6.07) is 7.12. The molecule has 0 saturated carbocycles. The molecule has 0 saturated heterocycles. The number of H-pyrrole nitrogens is 1. The molecule has 0 atom stereocenters. The predicted octanol–water partition coefficient (Wildman–Crippen LogP) is 2.03. The maximum absolute atomic E-state index is 11.5. The molecular weight excluding hydrogens is 252 g/mol. The van der Waals surface area contributed by atoms with Crippen molar-refractivity contribution in [1.82, 2.24) is 20.2 Å². The predicted molar refractivity (Wildman–Crippen MR) is 68.4 cm³/mol. The number of hydrogen-bond acceptors (Lipinski definition) is 4. The van der Waals surface area contributed by atoms with Gasteiger partial charge in [-0.25, -0.2) is 4.79 Å². The minimum Gasteiger partial charge on any atom is -0.304 e. The summed E-state index contributed by atoms with van der Waals surface area (Å²) in [6.07, 6.45) is 3.07. The Morgan fingerprint density at radius 2 is 1.78 bits per heavy atom. The Bertz CT molecular complexity index is 767. The second kappa shape index (κ2) is 4.19. The summed E-state index contributed by atoms with van der Waals surface area (Å²) < 4.78 is 0. The first-order valence-electron chi connectivity index (χ1n) is 5.21. The van der Waals surface area contributed by atoms with Gasteiger partial charge >= 0.3 is 5.69 Å². The van der Waals surface area contributed by atoms with Gasteiger partial charge in [-0.3, -0.25) is 0 Å². The van der Waals surface area contributed by atoms with Crippen LogP contribution in [0, 0.1) is 0 Å². The maximum atomic E-state index is 11.5. The van der Waals surface area contributed by atoms with Gasteiger partial charge in [0.05, 0.1) is 23.6 Å². The molecule has 1 aromatic carbocycles. The van der Waals surface area contributed by atoms with E-state index < -0.39 is 5.69 Å². The van der Waals surface area contributed by atoms with Crippen LogP contribution in [0.25, 0.3) is 22.2 Å². The summed E-state index contributed by atoms with van der Waals surface area (Å²) in [7, 11) is 0. The highest BCUT2D eigenvalue weighted by Crippen LogP contribution is 2.24. The molecule has 88 valence electrons. The third kappa shape index (κ3) is 1.84. The second-order valence-corrected chi connectivity index (χ2v) is 4.15. The molecule has 0 fully saturated rings. The molecule has 0 aliphatic carbocycles. The molecule has 0 unspecified atom stereocenters. The number of benzene rings is 1. The minimum absolute atomic E-state index is 0.416. The molecule has 0 bridgehead atoms. The van der Waals surface area contributed by atoms with Crippen LogP contribution in [-0.4, -0.2) is 20.2 Å². The number of aromatic nitrogens is 4. The van der Waals surface area contributed by atoms with Crippen LogP contribution < -0.4 is 5.69 Å². The summed E-state index contributed by atoms with van der Waals surface area (Å²) in [6.45, 7) is 0. The van der Waals surface area contributed by atoms with Crippen molar-refractivity contribution in [2.45, 2.75) is 0 Å². The minimum atomic E-state index is -0.416. The molecule has 5 nitrogen and oxygen atoms in total. The van der Waals surface area contributed by atoms with Crippen molar-refractivity contribution in [3.63, 3.8) is 0 Å². The van der Waals surface area contributed by atoms with Crippen LogP contribution >= 0.6 is 11.6 Å². The zero-order valence-electron chi connectivity index (χ0n) is 9.09. The normalized spacial score (nSPS) is 10.7. The summed E-state index contributed by atoms with van der Waals surface area (Å²) >= 11 is 5.84. The molecule has 18 heavy (non-hydrogen) atoms. The molecule has 2 heterocycles. The van der Waals surface area contributed by atoms with E-state index in [2.05, 4.69) is 20.2 Å². The number of aromatic amines is 1. The SMILES string of the molecule is O=c1nc(-c2ccc(Cl)cc2)c2cnncc2[nH]1. The van der Waals surface area contributed by atoms with Crippen LogP contribution in [0.3, 0.4) is 0 Å². The standard InChI is InChI=1S/C12H7ClN4O/c13-8-3-1-7(2-4-8)11-9-5-14-15-6-10(9)16-12(18)17-11/h1-6H,(H,16,17,18). The Morgan fingerprint density at radius 3 is 2.56 bits per heavy atom. The summed E-state index contributed by atoms with van der Waals surface area (Å²) in [5, 5.41) is 8.92. The van der Waals surface area contributed by atoms with E-state index in [1.54, 1.807) is 18.3 Å². The average molecular weight is 259 g/mol. The summed E-state index contributed by atoms with van der Waals surface area (Å²) in [5.74, 6) is 0. The fourth-order valence-electron chi connectivity index (χ4n) is 1.74. The van der Waals surface area contributed by atoms with E-state index in [9.17, 15) is 4.79 Å². The number of hydrogen-bond donors (Lipinski definition) is 1. The van der Waals surface area contributed by atoms with Gasteiger partial charge in [0.2, 0.25) is 0 Å². The fourth-order valence-corrected chi connectivity index (χ4v) is 1.87. The highest BCUT2D eigenvalue weighted by molar-refractivity contribution is 6.30. The van der Waals surface area contributed by atoms with Gasteiger partial charge in [-0.1, -0.05) is 23.7 Å². The molecule has 1 N–H and O–H groups in total. The Hall–Kier alpha value is -2.27. The Balaban J connectivity index is 2.34. The molecule has 2 aromatic heterocycles. The van der Waals surface area contributed by atoms with Crippen molar-refractivity contribution in [2.75, 3.05) is 0 Å². The van der Waals surface area contributed by atoms with Crippen molar-refractivity contribution in [3.8, 4) is 11.3 Å². The molecule has 3 aromatic rings. The third-order valence-corrected chi connectivity index (χ3v) is 2.81. The number of nitrogens with one attached hydrogen (secondary N) is 1. The van der Waals surface area contributed by atoms with E-state index in [-0.39, 0.29) is 0 Å². The fraction of sp³-hybridized carbons (Fsp3) is 0. The van der Waals surface area contributed by atoms with Gasteiger partial charge in [-0.05, 0) is 12.1 Å². The van der Waals surface area contributed by atoms with E-state index in [1.807, 2.05) is 12.1 Å². The molecule has 3 rings (SSSR count). The van der Waals surface area contributed by atoms with Crippen molar-refractivity contribution in [1.29, 1.82) is 0 Å². The highest BCUT2D eigenvalue weighted by atomic mass is 35.5. The molecule has 0 aliphatic heterocycles. The number of fused-ring (bicyclic) bond motifs is 1. The third-order valence-electron chi connectivity index (χ3n) is 2.56. The van der Waals surface area contributed by atoms with E-state index >= 15 is 0 Å². The molecule has 0 spiro atoms. The van der Waals surface area contributed by atoms with Crippen LogP contribution in [0.15, 0.2) is 41.5 Å². The first-order valence-corrected chi connectivity index (χ1v) is 5.58. The molecule has 0 amide bonds. The van der Waals surface area contributed by atoms with Gasteiger partial charge in [0.25, 0.3) is 0 Å². The van der Waals surface area contributed by atoms with Crippen molar-refractivity contribution < 1.29 is 0 Å². The van der Waals surface area contributed by atoms with E-state index in [0.717, 1.165) is 10.9 Å². The van der Waals surface area contributed by atoms with Crippen molar-refractivity contribution in [2.24, 2.45) is 0 Å². The second-order valence-electron chi connectivity index (χ2n) is 3.71. The van der Waals surface area contributed by atoms with Crippen LogP contribution in [0.5, 0.6) is 0 Å². The zero-order chi connectivity index (χ0) is 12.5. The van der Waals surface area contributed by atoms with Crippen LogP contribution in [0.2, 0.25) is 5.02 Å². The molecule has 0 aliphatic rings. The van der Waals surface area contributed by atoms with Gasteiger partial charge in [-0.2, -0.15) is 15.2 Å². The Labute approximate surface area is 106 Å². The van der Waals surface area contributed by atoms with Crippen LogP contribution in [0.4, 0.5) is 0 Å². The lowest BCUT2D eigenvalue weighted by molar-refractivity contribution is 1.03. The first-order chi connectivity index (χ1) is 8.74. The van der Waals surface area contributed by atoms with Crippen LogP contribution in [-0.2, 0) is 0 Å². The quantitative estimate of drug-likeness (QED) is 0.725. The molecular formula is C12H7ClN4O. The lowest BCUT2D eigenvalue weighted by atomic mass is 10.1. The average Bonchev–Trinajstić information content (AvgIpc) is 2.38. The lowest BCUT2D eigenvalue weighted by Gasteiger charge is -2.04. The Kier molecular flexibility index (Phi) is 2.53. The van der Waals surface area contributed by atoms with Crippen molar-refractivity contribution >= 4 is 22.5 Å². The number of halogens is 1. The lowest BCUT2D eigenvalue weighted by Crippen LogP contribution is -2.11. The van der Waals surface area contributed by atoms with E-state index in [0.29, 0.717) is 16.2 Å². The monoisotopic (exact) mass is 258 g/mol. The molecule has 6 heteroatoms. The topological polar surface area (TPSA) is 71.5 Å². The summed E-state index contributed by atoms with van der Waals surface area (Å²) in [4.78, 5) is 18.1. The highest BCUT2D eigenvalue weighted by Gasteiger charge is 2.07. The van der Waals surface area contributed by atoms with Gasteiger partial charge < -0.3 is 4.98 Å².